The molecule has 1 aromatic rings. The fourth-order valence-electron chi connectivity index (χ4n) is 7.42. The molecule has 6 aliphatic rings. The molecule has 1 aromatic carbocycles. The molecule has 1 N–H and O–H groups in total. The zero-order valence-electron chi connectivity index (χ0n) is 20.7. The molecule has 0 aliphatic carbocycles. The SMILES string of the molecule is COc1ccc(CN2CC[C@@]34CC[C@@H](C[C@@H]3C2=O)O4)c(OC)c1.O=C1NCC[C@@]23CC[C@@H](C[C@H]12)O3. The average Bonchev–Trinajstić information content (AvgIpc) is 3.65. The molecule has 0 radical (unpaired) electrons. The molecule has 0 unspecified atom stereocenters. The number of hydrogen-bond acceptors (Lipinski definition) is 6. The monoisotopic (exact) mass is 484 g/mol. The van der Waals surface area contributed by atoms with Gasteiger partial charge in [0.15, 0.2) is 0 Å². The predicted molar refractivity (Wildman–Crippen MR) is 127 cm³/mol. The Balaban J connectivity index is 0.000000159. The van der Waals surface area contributed by atoms with Gasteiger partial charge < -0.3 is 29.2 Å². The van der Waals surface area contributed by atoms with Crippen LogP contribution in [0.1, 0.15) is 56.9 Å². The van der Waals surface area contributed by atoms with Crippen LogP contribution in [0, 0.1) is 11.8 Å². The summed E-state index contributed by atoms with van der Waals surface area (Å²) >= 11 is 0. The Morgan fingerprint density at radius 2 is 1.69 bits per heavy atom. The second-order valence-corrected chi connectivity index (χ2v) is 11.0. The first kappa shape index (κ1) is 23.1. The van der Waals surface area contributed by atoms with E-state index in [0.29, 0.717) is 18.8 Å². The van der Waals surface area contributed by atoms with Crippen LogP contribution in [0.5, 0.6) is 11.5 Å². The third-order valence-electron chi connectivity index (χ3n) is 9.28. The van der Waals surface area contributed by atoms with Crippen LogP contribution >= 0.6 is 0 Å². The van der Waals surface area contributed by atoms with E-state index in [0.717, 1.165) is 75.1 Å². The molecule has 0 saturated carbocycles. The number of nitrogens with zero attached hydrogens (tertiary/aromatic N) is 1. The maximum absolute atomic E-state index is 12.9. The van der Waals surface area contributed by atoms with Crippen molar-refractivity contribution in [1.82, 2.24) is 10.2 Å². The second kappa shape index (κ2) is 8.66. The number of ether oxygens (including phenoxy) is 4. The third kappa shape index (κ3) is 3.80. The maximum Gasteiger partial charge on any atom is 0.229 e. The average molecular weight is 485 g/mol. The van der Waals surface area contributed by atoms with Crippen molar-refractivity contribution in [3.8, 4) is 11.5 Å². The second-order valence-electron chi connectivity index (χ2n) is 11.0. The van der Waals surface area contributed by atoms with Crippen molar-refractivity contribution in [2.75, 3.05) is 27.3 Å². The molecule has 6 heterocycles. The number of piperidine rings is 2. The van der Waals surface area contributed by atoms with Crippen molar-refractivity contribution >= 4 is 11.8 Å². The highest BCUT2D eigenvalue weighted by Gasteiger charge is 2.59. The van der Waals surface area contributed by atoms with Crippen LogP contribution in [-0.2, 0) is 25.6 Å². The minimum absolute atomic E-state index is 0.0347. The van der Waals surface area contributed by atoms with Gasteiger partial charge in [0.25, 0.3) is 0 Å². The molecule has 190 valence electrons. The van der Waals surface area contributed by atoms with Gasteiger partial charge in [-0.2, -0.15) is 0 Å². The molecule has 6 atom stereocenters. The lowest BCUT2D eigenvalue weighted by atomic mass is 9.73. The van der Waals surface area contributed by atoms with E-state index in [1.54, 1.807) is 14.2 Å². The van der Waals surface area contributed by atoms with E-state index in [4.69, 9.17) is 18.9 Å². The highest BCUT2D eigenvalue weighted by Crippen LogP contribution is 2.53. The normalized spacial score (nSPS) is 38.4. The van der Waals surface area contributed by atoms with E-state index >= 15 is 0 Å². The van der Waals surface area contributed by atoms with E-state index in [-0.39, 0.29) is 34.9 Å². The summed E-state index contributed by atoms with van der Waals surface area (Å²) in [4.78, 5) is 26.3. The number of methoxy groups -OCH3 is 2. The third-order valence-corrected chi connectivity index (χ3v) is 9.28. The number of likely N-dealkylation sites (tertiary alicyclic amines) is 1. The number of carbonyl (C=O) groups excluding carboxylic acids is 2. The van der Waals surface area contributed by atoms with Gasteiger partial charge in [-0.3, -0.25) is 9.59 Å². The highest BCUT2D eigenvalue weighted by atomic mass is 16.5. The van der Waals surface area contributed by atoms with Crippen LogP contribution in [0.15, 0.2) is 18.2 Å². The zero-order chi connectivity index (χ0) is 24.2. The van der Waals surface area contributed by atoms with Gasteiger partial charge in [-0.15, -0.1) is 0 Å². The topological polar surface area (TPSA) is 86.3 Å². The van der Waals surface area contributed by atoms with Gasteiger partial charge in [-0.25, -0.2) is 0 Å². The maximum atomic E-state index is 12.9. The molecule has 4 bridgehead atoms. The largest absolute Gasteiger partial charge is 0.497 e. The van der Waals surface area contributed by atoms with Gasteiger partial charge in [0.2, 0.25) is 11.8 Å². The fraction of sp³-hybridized carbons (Fsp3) is 0.704. The molecule has 2 amide bonds. The summed E-state index contributed by atoms with van der Waals surface area (Å²) in [5.41, 5.74) is 0.830. The number of amides is 2. The van der Waals surface area contributed by atoms with Crippen LogP contribution < -0.4 is 14.8 Å². The fourth-order valence-corrected chi connectivity index (χ4v) is 7.42. The molecule has 6 fully saturated rings. The van der Waals surface area contributed by atoms with E-state index in [9.17, 15) is 9.59 Å². The number of benzene rings is 1. The molecule has 6 aliphatic heterocycles. The Morgan fingerprint density at radius 3 is 2.34 bits per heavy atom. The lowest BCUT2D eigenvalue weighted by Crippen LogP contribution is -2.53. The first-order valence-corrected chi connectivity index (χ1v) is 13.1. The molecule has 8 heteroatoms. The molecular formula is C27H36N2O6. The van der Waals surface area contributed by atoms with Crippen LogP contribution in [0.4, 0.5) is 0 Å². The van der Waals surface area contributed by atoms with Crippen LogP contribution in [0.2, 0.25) is 0 Å². The van der Waals surface area contributed by atoms with Crippen molar-refractivity contribution in [3.63, 3.8) is 0 Å². The Labute approximate surface area is 206 Å². The summed E-state index contributed by atoms with van der Waals surface area (Å²) in [6.07, 6.45) is 8.99. The van der Waals surface area contributed by atoms with Crippen LogP contribution in [0.3, 0.4) is 0 Å². The van der Waals surface area contributed by atoms with Crippen LogP contribution in [0.25, 0.3) is 0 Å². The van der Waals surface area contributed by atoms with Gasteiger partial charge in [0.1, 0.15) is 11.5 Å². The van der Waals surface area contributed by atoms with E-state index in [1.165, 1.54) is 6.42 Å². The highest BCUT2D eigenvalue weighted by molar-refractivity contribution is 5.82. The Hall–Kier alpha value is -2.32. The van der Waals surface area contributed by atoms with Gasteiger partial charge in [0.05, 0.1) is 49.5 Å². The number of fused-ring (bicyclic) bond motifs is 2. The summed E-state index contributed by atoms with van der Waals surface area (Å²) < 4.78 is 22.7. The number of hydrogen-bond donors (Lipinski definition) is 1. The van der Waals surface area contributed by atoms with E-state index < -0.39 is 0 Å². The summed E-state index contributed by atoms with van der Waals surface area (Å²) in [5, 5.41) is 2.91. The Bertz CT molecular complexity index is 1020. The van der Waals surface area contributed by atoms with E-state index in [2.05, 4.69) is 5.32 Å². The standard InChI is InChI=1S/C18H23NO4.C9H13NO2/c1-21-13-4-3-12(16(10-13)22-2)11-19-8-7-18-6-5-14(23-18)9-15(18)17(19)20;11-8-7-5-6-1-2-9(7,12-6)3-4-10-8/h3-4,10,14-15H,5-9,11H2,1-2H3;6-7H,1-5H2,(H,10,11)/t14-,15+,18-;6-,7+,9-/m00/s1. The van der Waals surface area contributed by atoms with Crippen molar-refractivity contribution < 1.29 is 28.5 Å². The van der Waals surface area contributed by atoms with E-state index in [1.807, 2.05) is 23.1 Å². The number of nitrogens with one attached hydrogen (secondary N) is 1. The quantitative estimate of drug-likeness (QED) is 0.707. The number of carbonyl (C=O) groups is 2. The Kier molecular flexibility index (Phi) is 5.72. The summed E-state index contributed by atoms with van der Waals surface area (Å²) in [5.74, 6) is 2.22. The Morgan fingerprint density at radius 1 is 0.971 bits per heavy atom. The molecule has 6 saturated heterocycles. The van der Waals surface area contributed by atoms with Gasteiger partial charge in [0, 0.05) is 31.3 Å². The van der Waals surface area contributed by atoms with Crippen molar-refractivity contribution in [1.29, 1.82) is 0 Å². The zero-order valence-corrected chi connectivity index (χ0v) is 20.7. The molecule has 8 nitrogen and oxygen atoms in total. The molecule has 7 rings (SSSR count). The van der Waals surface area contributed by atoms with Gasteiger partial charge in [-0.1, -0.05) is 0 Å². The van der Waals surface area contributed by atoms with Crippen molar-refractivity contribution in [2.45, 2.75) is 81.3 Å². The number of rotatable bonds is 4. The molecule has 0 aromatic heterocycles. The lowest BCUT2D eigenvalue weighted by molar-refractivity contribution is -0.149. The van der Waals surface area contributed by atoms with Crippen molar-refractivity contribution in [2.24, 2.45) is 11.8 Å². The molecule has 35 heavy (non-hydrogen) atoms. The van der Waals surface area contributed by atoms with Gasteiger partial charge >= 0.3 is 0 Å². The predicted octanol–water partition coefficient (Wildman–Crippen LogP) is 2.82. The summed E-state index contributed by atoms with van der Waals surface area (Å²) in [6, 6.07) is 5.76. The first-order valence-electron chi connectivity index (χ1n) is 13.1. The smallest absolute Gasteiger partial charge is 0.229 e. The minimum Gasteiger partial charge on any atom is -0.497 e. The minimum atomic E-state index is -0.151. The van der Waals surface area contributed by atoms with Gasteiger partial charge in [-0.05, 0) is 63.5 Å². The van der Waals surface area contributed by atoms with Crippen LogP contribution in [-0.4, -0.2) is 67.4 Å². The lowest BCUT2D eigenvalue weighted by Gasteiger charge is -2.41. The molecular weight excluding hydrogens is 448 g/mol. The molecule has 2 spiro atoms. The first-order chi connectivity index (χ1) is 16.9. The van der Waals surface area contributed by atoms with Crippen molar-refractivity contribution in [3.05, 3.63) is 23.8 Å². The summed E-state index contributed by atoms with van der Waals surface area (Å²) in [7, 11) is 3.28. The summed E-state index contributed by atoms with van der Waals surface area (Å²) in [6.45, 7) is 2.16.